The number of carbonyl (C=O) groups is 4. The van der Waals surface area contributed by atoms with Gasteiger partial charge in [0.1, 0.15) is 12.1 Å². The third kappa shape index (κ3) is 8.26. The molecule has 1 aliphatic rings. The number of aryl methyl sites for hydroxylation is 1. The molecule has 0 saturated heterocycles. The number of hydrogen-bond acceptors (Lipinski definition) is 6. The fraction of sp³-hybridized carbons (Fsp3) is 0.615. The van der Waals surface area contributed by atoms with Gasteiger partial charge in [-0.15, -0.1) is 0 Å². The molecule has 0 radical (unpaired) electrons. The molecule has 0 fully saturated rings. The number of methoxy groups -OCH3 is 1. The molecule has 1 N–H and O–H groups in total. The SMILES string of the molecule is COC(=O)C(C)CN1CC(=O)N(C)c2ccc(CCCCC(C)NC(=O)OC(C)(C)C)cc2C1=O. The Bertz CT molecular complexity index is 940. The van der Waals surface area contributed by atoms with Crippen LogP contribution in [0.5, 0.6) is 0 Å². The van der Waals surface area contributed by atoms with Crippen LogP contribution < -0.4 is 10.2 Å². The first-order valence-electron chi connectivity index (χ1n) is 12.1. The lowest BCUT2D eigenvalue weighted by atomic mass is 10.0. The zero-order valence-electron chi connectivity index (χ0n) is 22.0. The Balaban J connectivity index is 2.00. The van der Waals surface area contributed by atoms with Crippen molar-refractivity contribution in [2.24, 2.45) is 5.92 Å². The molecule has 1 heterocycles. The van der Waals surface area contributed by atoms with Crippen LogP contribution in [0, 0.1) is 5.92 Å². The number of nitrogens with one attached hydrogen (secondary N) is 1. The molecule has 1 aliphatic heterocycles. The summed E-state index contributed by atoms with van der Waals surface area (Å²) in [5, 5.41) is 2.85. The Morgan fingerprint density at radius 1 is 1.14 bits per heavy atom. The number of hydrogen-bond donors (Lipinski definition) is 1. The summed E-state index contributed by atoms with van der Waals surface area (Å²) in [6.45, 7) is 9.12. The molecule has 194 valence electrons. The third-order valence-electron chi connectivity index (χ3n) is 5.85. The summed E-state index contributed by atoms with van der Waals surface area (Å²) in [4.78, 5) is 52.6. The van der Waals surface area contributed by atoms with E-state index in [0.717, 1.165) is 31.2 Å². The van der Waals surface area contributed by atoms with E-state index in [1.54, 1.807) is 20.0 Å². The number of unbranched alkanes of at least 4 members (excludes halogenated alkanes) is 1. The standard InChI is InChI=1S/C26H39N3O6/c1-17(24(32)34-7)15-29-16-22(30)28(6)21-13-12-19(14-20(21)23(29)31)11-9-8-10-18(2)27-25(33)35-26(3,4)5/h12-14,17-18H,8-11,15-16H2,1-7H3,(H,27,33). The van der Waals surface area contributed by atoms with Gasteiger partial charge in [0.25, 0.3) is 5.91 Å². The molecule has 9 nitrogen and oxygen atoms in total. The highest BCUT2D eigenvalue weighted by molar-refractivity contribution is 6.09. The van der Waals surface area contributed by atoms with E-state index in [9.17, 15) is 19.2 Å². The summed E-state index contributed by atoms with van der Waals surface area (Å²) < 4.78 is 10.1. The van der Waals surface area contributed by atoms with E-state index in [-0.39, 0.29) is 30.9 Å². The Labute approximate surface area is 208 Å². The van der Waals surface area contributed by atoms with Gasteiger partial charge < -0.3 is 24.6 Å². The van der Waals surface area contributed by atoms with Crippen LogP contribution in [0.3, 0.4) is 0 Å². The summed E-state index contributed by atoms with van der Waals surface area (Å²) in [5.41, 5.74) is 1.48. The van der Waals surface area contributed by atoms with Gasteiger partial charge in [-0.05, 0) is 64.7 Å². The van der Waals surface area contributed by atoms with E-state index in [2.05, 4.69) is 5.32 Å². The van der Waals surface area contributed by atoms with Gasteiger partial charge in [0.15, 0.2) is 0 Å². The van der Waals surface area contributed by atoms with Crippen LogP contribution in [0.1, 0.15) is 69.8 Å². The van der Waals surface area contributed by atoms with Crippen LogP contribution in [0.25, 0.3) is 0 Å². The summed E-state index contributed by atoms with van der Waals surface area (Å²) in [6.07, 6.45) is 2.92. The van der Waals surface area contributed by atoms with Crippen molar-refractivity contribution in [3.8, 4) is 0 Å². The van der Waals surface area contributed by atoms with Crippen molar-refractivity contribution < 1.29 is 28.7 Å². The van der Waals surface area contributed by atoms with E-state index >= 15 is 0 Å². The lowest BCUT2D eigenvalue weighted by molar-refractivity contribution is -0.145. The predicted molar refractivity (Wildman–Crippen MR) is 133 cm³/mol. The minimum atomic E-state index is -0.539. The number of nitrogens with zero attached hydrogens (tertiary/aromatic N) is 2. The minimum Gasteiger partial charge on any atom is -0.469 e. The van der Waals surface area contributed by atoms with Crippen molar-refractivity contribution in [1.82, 2.24) is 10.2 Å². The number of fused-ring (bicyclic) bond motifs is 1. The highest BCUT2D eigenvalue weighted by atomic mass is 16.6. The molecule has 0 spiro atoms. The van der Waals surface area contributed by atoms with Gasteiger partial charge in [0.05, 0.1) is 24.3 Å². The van der Waals surface area contributed by atoms with E-state index in [1.807, 2.05) is 39.8 Å². The third-order valence-corrected chi connectivity index (χ3v) is 5.85. The summed E-state index contributed by atoms with van der Waals surface area (Å²) in [7, 11) is 2.96. The molecule has 2 rings (SSSR count). The van der Waals surface area contributed by atoms with Crippen LogP contribution in [-0.2, 0) is 25.5 Å². The first-order valence-corrected chi connectivity index (χ1v) is 12.1. The summed E-state index contributed by atoms with van der Waals surface area (Å²) in [6, 6.07) is 5.57. The molecule has 2 unspecified atom stereocenters. The molecular formula is C26H39N3O6. The second-order valence-corrected chi connectivity index (χ2v) is 10.2. The molecule has 9 heteroatoms. The highest BCUT2D eigenvalue weighted by Crippen LogP contribution is 2.27. The first-order chi connectivity index (χ1) is 16.3. The predicted octanol–water partition coefficient (Wildman–Crippen LogP) is 3.54. The maximum atomic E-state index is 13.3. The van der Waals surface area contributed by atoms with E-state index in [4.69, 9.17) is 9.47 Å². The Morgan fingerprint density at radius 2 is 1.83 bits per heavy atom. The maximum absolute atomic E-state index is 13.3. The second kappa shape index (κ2) is 12.0. The lowest BCUT2D eigenvalue weighted by Crippen LogP contribution is -2.41. The highest BCUT2D eigenvalue weighted by Gasteiger charge is 2.32. The molecule has 3 amide bonds. The summed E-state index contributed by atoms with van der Waals surface area (Å²) >= 11 is 0. The molecule has 1 aromatic carbocycles. The quantitative estimate of drug-likeness (QED) is 0.420. The van der Waals surface area contributed by atoms with Gasteiger partial charge in [-0.25, -0.2) is 4.79 Å². The fourth-order valence-electron chi connectivity index (χ4n) is 3.96. The van der Waals surface area contributed by atoms with Crippen molar-refractivity contribution >= 4 is 29.6 Å². The van der Waals surface area contributed by atoms with Crippen LogP contribution in [0.2, 0.25) is 0 Å². The molecule has 0 bridgehead atoms. The molecule has 0 aliphatic carbocycles. The zero-order chi connectivity index (χ0) is 26.3. The van der Waals surface area contributed by atoms with Crippen LogP contribution >= 0.6 is 0 Å². The number of anilines is 1. The average Bonchev–Trinajstić information content (AvgIpc) is 2.85. The largest absolute Gasteiger partial charge is 0.469 e. The number of benzene rings is 1. The van der Waals surface area contributed by atoms with Crippen molar-refractivity contribution in [2.45, 2.75) is 71.9 Å². The molecular weight excluding hydrogens is 450 g/mol. The van der Waals surface area contributed by atoms with Gasteiger partial charge in [0.2, 0.25) is 5.91 Å². The van der Waals surface area contributed by atoms with Gasteiger partial charge in [-0.3, -0.25) is 14.4 Å². The van der Waals surface area contributed by atoms with Gasteiger partial charge in [-0.2, -0.15) is 0 Å². The van der Waals surface area contributed by atoms with Crippen LogP contribution in [0.4, 0.5) is 10.5 Å². The Morgan fingerprint density at radius 3 is 2.46 bits per heavy atom. The monoisotopic (exact) mass is 489 g/mol. The number of rotatable bonds is 9. The average molecular weight is 490 g/mol. The number of amides is 3. The Hall–Kier alpha value is -3.10. The molecule has 0 aromatic heterocycles. The van der Waals surface area contributed by atoms with Gasteiger partial charge in [-0.1, -0.05) is 19.4 Å². The molecule has 0 saturated carbocycles. The zero-order valence-corrected chi connectivity index (χ0v) is 22.0. The minimum absolute atomic E-state index is 0.0107. The second-order valence-electron chi connectivity index (χ2n) is 10.2. The van der Waals surface area contributed by atoms with Crippen molar-refractivity contribution in [3.63, 3.8) is 0 Å². The lowest BCUT2D eigenvalue weighted by Gasteiger charge is -2.22. The number of esters is 1. The number of ether oxygens (including phenoxy) is 2. The summed E-state index contributed by atoms with van der Waals surface area (Å²) in [5.74, 6) is -1.45. The van der Waals surface area contributed by atoms with Gasteiger partial charge in [0, 0.05) is 19.6 Å². The van der Waals surface area contributed by atoms with Crippen molar-refractivity contribution in [1.29, 1.82) is 0 Å². The van der Waals surface area contributed by atoms with Gasteiger partial charge >= 0.3 is 12.1 Å². The topological polar surface area (TPSA) is 105 Å². The maximum Gasteiger partial charge on any atom is 0.407 e. The molecule has 35 heavy (non-hydrogen) atoms. The van der Waals surface area contributed by atoms with Crippen LogP contribution in [0.15, 0.2) is 18.2 Å². The number of alkyl carbamates (subject to hydrolysis) is 1. The molecule has 2 atom stereocenters. The smallest absolute Gasteiger partial charge is 0.407 e. The van der Waals surface area contributed by atoms with E-state index < -0.39 is 23.6 Å². The van der Waals surface area contributed by atoms with E-state index in [1.165, 1.54) is 16.9 Å². The number of likely N-dealkylation sites (N-methyl/N-ethyl adjacent to an activating group) is 1. The van der Waals surface area contributed by atoms with Crippen molar-refractivity contribution in [3.05, 3.63) is 29.3 Å². The van der Waals surface area contributed by atoms with E-state index in [0.29, 0.717) is 11.3 Å². The molecule has 1 aromatic rings. The fourth-order valence-corrected chi connectivity index (χ4v) is 3.96. The normalized spacial score (nSPS) is 15.7. The Kier molecular flexibility index (Phi) is 9.68. The van der Waals surface area contributed by atoms with Crippen molar-refractivity contribution in [2.75, 3.05) is 32.1 Å². The first kappa shape index (κ1) is 28.1. The number of carbonyl (C=O) groups excluding carboxylic acids is 4. The van der Waals surface area contributed by atoms with Crippen LogP contribution in [-0.4, -0.2) is 67.7 Å².